The summed E-state index contributed by atoms with van der Waals surface area (Å²) in [7, 11) is 0. The molecule has 0 aliphatic carbocycles. The summed E-state index contributed by atoms with van der Waals surface area (Å²) in [6.07, 6.45) is 1.79. The van der Waals surface area contributed by atoms with Gasteiger partial charge in [0.15, 0.2) is 0 Å². The maximum atomic E-state index is 11.2. The molecule has 96 valence electrons. The molecule has 1 heterocycles. The Morgan fingerprint density at radius 1 is 1.37 bits per heavy atom. The van der Waals surface area contributed by atoms with Crippen molar-refractivity contribution in [1.82, 2.24) is 10.2 Å². The lowest BCUT2D eigenvalue weighted by Crippen LogP contribution is -2.01. The van der Waals surface area contributed by atoms with Crippen LogP contribution in [0.15, 0.2) is 36.5 Å². The zero-order valence-corrected chi connectivity index (χ0v) is 10.6. The predicted molar refractivity (Wildman–Crippen MR) is 72.2 cm³/mol. The van der Waals surface area contributed by atoms with Gasteiger partial charge in [0.1, 0.15) is 6.42 Å². The fraction of sp³-hybridized carbons (Fsp3) is 0.200. The summed E-state index contributed by atoms with van der Waals surface area (Å²) >= 11 is 0. The smallest absolute Gasteiger partial charge is 0.317 e. The van der Waals surface area contributed by atoms with Crippen molar-refractivity contribution >= 4 is 5.97 Å². The van der Waals surface area contributed by atoms with Crippen LogP contribution in [0.5, 0.6) is 0 Å². The van der Waals surface area contributed by atoms with Crippen LogP contribution in [0.3, 0.4) is 0 Å². The van der Waals surface area contributed by atoms with Gasteiger partial charge >= 0.3 is 5.97 Å². The first-order valence-electron chi connectivity index (χ1n) is 6.04. The molecule has 0 radical (unpaired) electrons. The summed E-state index contributed by atoms with van der Waals surface area (Å²) in [5.41, 5.74) is 2.73. The number of hydrogen-bond donors (Lipinski definition) is 1. The van der Waals surface area contributed by atoms with E-state index in [0.717, 1.165) is 16.8 Å². The maximum absolute atomic E-state index is 11.2. The highest BCUT2D eigenvalue weighted by Gasteiger charge is 2.03. The van der Waals surface area contributed by atoms with Gasteiger partial charge in [-0.3, -0.25) is 9.89 Å². The van der Waals surface area contributed by atoms with Crippen molar-refractivity contribution in [3.05, 3.63) is 42.1 Å². The second kappa shape index (κ2) is 6.41. The lowest BCUT2D eigenvalue weighted by atomic mass is 10.1. The molecule has 4 heteroatoms. The maximum Gasteiger partial charge on any atom is 0.317 e. The Balaban J connectivity index is 2.18. The molecule has 19 heavy (non-hydrogen) atoms. The van der Waals surface area contributed by atoms with E-state index in [1.54, 1.807) is 13.1 Å². The minimum absolute atomic E-state index is 0.102. The zero-order chi connectivity index (χ0) is 13.5. The van der Waals surface area contributed by atoms with Gasteiger partial charge in [-0.05, 0) is 19.1 Å². The van der Waals surface area contributed by atoms with Crippen LogP contribution >= 0.6 is 0 Å². The number of rotatable bonds is 3. The molecule has 0 fully saturated rings. The van der Waals surface area contributed by atoms with Crippen LogP contribution < -0.4 is 0 Å². The van der Waals surface area contributed by atoms with Gasteiger partial charge in [-0.25, -0.2) is 0 Å². The Bertz CT molecular complexity index is 607. The summed E-state index contributed by atoms with van der Waals surface area (Å²) < 4.78 is 4.82. The molecule has 0 spiro atoms. The fourth-order valence-electron chi connectivity index (χ4n) is 1.66. The second-order valence-corrected chi connectivity index (χ2v) is 3.80. The highest BCUT2D eigenvalue weighted by Crippen LogP contribution is 2.20. The van der Waals surface area contributed by atoms with E-state index < -0.39 is 0 Å². The Labute approximate surface area is 111 Å². The SMILES string of the molecule is CCOC(=O)CC#Cc1ccccc1-c1ccn[nH]1. The molecule has 0 atom stereocenters. The lowest BCUT2D eigenvalue weighted by Gasteiger charge is -2.00. The molecular weight excluding hydrogens is 240 g/mol. The summed E-state index contributed by atoms with van der Waals surface area (Å²) in [5, 5.41) is 6.83. The minimum atomic E-state index is -0.297. The monoisotopic (exact) mass is 254 g/mol. The molecule has 0 aliphatic heterocycles. The van der Waals surface area contributed by atoms with Gasteiger partial charge in [0.2, 0.25) is 0 Å². The van der Waals surface area contributed by atoms with Crippen molar-refractivity contribution in [3.8, 4) is 23.1 Å². The largest absolute Gasteiger partial charge is 0.465 e. The highest BCUT2D eigenvalue weighted by molar-refractivity contribution is 5.73. The Hall–Kier alpha value is -2.54. The molecule has 1 aromatic heterocycles. The Kier molecular flexibility index (Phi) is 4.35. The van der Waals surface area contributed by atoms with Crippen LogP contribution in [-0.4, -0.2) is 22.8 Å². The van der Waals surface area contributed by atoms with E-state index in [1.165, 1.54) is 0 Å². The zero-order valence-electron chi connectivity index (χ0n) is 10.6. The van der Waals surface area contributed by atoms with Crippen LogP contribution in [-0.2, 0) is 9.53 Å². The van der Waals surface area contributed by atoms with Gasteiger partial charge in [0.25, 0.3) is 0 Å². The van der Waals surface area contributed by atoms with Crippen molar-refractivity contribution in [1.29, 1.82) is 0 Å². The van der Waals surface area contributed by atoms with Crippen LogP contribution in [0.1, 0.15) is 18.9 Å². The van der Waals surface area contributed by atoms with Crippen molar-refractivity contribution in [2.75, 3.05) is 6.61 Å². The van der Waals surface area contributed by atoms with Crippen molar-refractivity contribution in [2.45, 2.75) is 13.3 Å². The fourth-order valence-corrected chi connectivity index (χ4v) is 1.66. The van der Waals surface area contributed by atoms with Crippen LogP contribution in [0.25, 0.3) is 11.3 Å². The van der Waals surface area contributed by atoms with E-state index in [9.17, 15) is 4.79 Å². The van der Waals surface area contributed by atoms with Gasteiger partial charge in [0.05, 0.1) is 12.3 Å². The average molecular weight is 254 g/mol. The average Bonchev–Trinajstić information content (AvgIpc) is 2.93. The van der Waals surface area contributed by atoms with Crippen molar-refractivity contribution in [3.63, 3.8) is 0 Å². The van der Waals surface area contributed by atoms with E-state index >= 15 is 0 Å². The molecule has 0 amide bonds. The topological polar surface area (TPSA) is 55.0 Å². The molecule has 0 saturated heterocycles. The minimum Gasteiger partial charge on any atom is -0.465 e. The number of ether oxygens (including phenoxy) is 1. The van der Waals surface area contributed by atoms with Crippen LogP contribution in [0.4, 0.5) is 0 Å². The first-order chi connectivity index (χ1) is 9.31. The number of nitrogens with zero attached hydrogens (tertiary/aromatic N) is 1. The number of H-pyrrole nitrogens is 1. The quantitative estimate of drug-likeness (QED) is 0.676. The third-order valence-electron chi connectivity index (χ3n) is 2.48. The molecule has 2 aromatic rings. The summed E-state index contributed by atoms with van der Waals surface area (Å²) in [5.74, 6) is 5.52. The van der Waals surface area contributed by atoms with Crippen molar-refractivity contribution < 1.29 is 9.53 Å². The molecule has 1 N–H and O–H groups in total. The standard InChI is InChI=1S/C15H14N2O2/c1-2-19-15(18)9-5-7-12-6-3-4-8-13(12)14-10-11-16-17-14/h3-4,6,8,10-11H,2,9H2,1H3,(H,16,17). The molecular formula is C15H14N2O2. The Morgan fingerprint density at radius 2 is 2.21 bits per heavy atom. The number of carbonyl (C=O) groups excluding carboxylic acids is 1. The lowest BCUT2D eigenvalue weighted by molar-refractivity contribution is -0.141. The third kappa shape index (κ3) is 3.46. The molecule has 0 unspecified atom stereocenters. The molecule has 4 nitrogen and oxygen atoms in total. The van der Waals surface area contributed by atoms with Crippen molar-refractivity contribution in [2.24, 2.45) is 0 Å². The van der Waals surface area contributed by atoms with Gasteiger partial charge < -0.3 is 4.74 Å². The van der Waals surface area contributed by atoms with E-state index in [1.807, 2.05) is 30.3 Å². The van der Waals surface area contributed by atoms with Gasteiger partial charge in [-0.1, -0.05) is 30.0 Å². The van der Waals surface area contributed by atoms with Crippen LogP contribution in [0, 0.1) is 11.8 Å². The first-order valence-corrected chi connectivity index (χ1v) is 6.04. The van der Waals surface area contributed by atoms with E-state index in [2.05, 4.69) is 22.0 Å². The predicted octanol–water partition coefficient (Wildman–Crippen LogP) is 2.38. The van der Waals surface area contributed by atoms with E-state index in [4.69, 9.17) is 4.74 Å². The highest BCUT2D eigenvalue weighted by atomic mass is 16.5. The molecule has 2 rings (SSSR count). The third-order valence-corrected chi connectivity index (χ3v) is 2.48. The number of nitrogens with one attached hydrogen (secondary N) is 1. The Morgan fingerprint density at radius 3 is 2.95 bits per heavy atom. The number of aromatic amines is 1. The molecule has 0 bridgehead atoms. The number of carbonyl (C=O) groups is 1. The summed E-state index contributed by atoms with van der Waals surface area (Å²) in [6.45, 7) is 2.16. The molecule has 0 aliphatic rings. The normalized spacial score (nSPS) is 9.53. The van der Waals surface area contributed by atoms with E-state index in [0.29, 0.717) is 6.61 Å². The molecule has 0 saturated carbocycles. The number of esters is 1. The second-order valence-electron chi connectivity index (χ2n) is 3.80. The number of hydrogen-bond acceptors (Lipinski definition) is 3. The van der Waals surface area contributed by atoms with Gasteiger partial charge in [-0.15, -0.1) is 0 Å². The summed E-state index contributed by atoms with van der Waals surface area (Å²) in [4.78, 5) is 11.2. The summed E-state index contributed by atoms with van der Waals surface area (Å²) in [6, 6.07) is 9.60. The van der Waals surface area contributed by atoms with Gasteiger partial charge in [-0.2, -0.15) is 5.10 Å². The van der Waals surface area contributed by atoms with E-state index in [-0.39, 0.29) is 12.4 Å². The number of aromatic nitrogens is 2. The van der Waals surface area contributed by atoms with Gasteiger partial charge in [0, 0.05) is 17.3 Å². The first kappa shape index (κ1) is 12.9. The number of benzene rings is 1. The van der Waals surface area contributed by atoms with Crippen LogP contribution in [0.2, 0.25) is 0 Å². The molecule has 1 aromatic carbocycles.